The van der Waals surface area contributed by atoms with Crippen LogP contribution in [0.3, 0.4) is 0 Å². The highest BCUT2D eigenvalue weighted by molar-refractivity contribution is 6.24. The Kier molecular flexibility index (Phi) is 4.40. The average Bonchev–Trinajstić information content (AvgIpc) is 2.89. The van der Waals surface area contributed by atoms with Crippen LogP contribution in [-0.2, 0) is 4.79 Å². The van der Waals surface area contributed by atoms with Crippen molar-refractivity contribution in [3.05, 3.63) is 69.3 Å². The molecule has 0 radical (unpaired) electrons. The molecule has 0 aromatic heterocycles. The van der Waals surface area contributed by atoms with E-state index in [1.165, 1.54) is 25.1 Å². The van der Waals surface area contributed by atoms with Crippen molar-refractivity contribution in [3.8, 4) is 0 Å². The third-order valence-corrected chi connectivity index (χ3v) is 4.10. The Morgan fingerprint density at radius 1 is 1.15 bits per heavy atom. The molecule has 1 aliphatic rings. The van der Waals surface area contributed by atoms with Gasteiger partial charge in [-0.2, -0.15) is 0 Å². The molecular formula is C17H11F2N3O5. The fourth-order valence-electron chi connectivity index (χ4n) is 2.74. The van der Waals surface area contributed by atoms with Gasteiger partial charge in [0.2, 0.25) is 5.91 Å². The molecule has 0 aliphatic carbocycles. The molecule has 1 unspecified atom stereocenters. The number of rotatable bonds is 4. The predicted molar refractivity (Wildman–Crippen MR) is 88.0 cm³/mol. The van der Waals surface area contributed by atoms with Gasteiger partial charge in [-0.3, -0.25) is 29.4 Å². The highest BCUT2D eigenvalue weighted by Gasteiger charge is 2.44. The summed E-state index contributed by atoms with van der Waals surface area (Å²) in [5.41, 5.74) is -1.64. The smallest absolute Gasteiger partial charge is 0.282 e. The number of hydrogen-bond acceptors (Lipinski definition) is 5. The van der Waals surface area contributed by atoms with Crippen LogP contribution in [0.5, 0.6) is 0 Å². The molecule has 1 heterocycles. The standard InChI is InChI=1S/C17H11F2N3O5/c1-8(15(23)20-11-6-3-5-10(18)14(11)19)21-16(24)9-4-2-7-12(22(26)27)13(9)17(21)25/h2-8H,1H3,(H,20,23). The highest BCUT2D eigenvalue weighted by atomic mass is 19.2. The van der Waals surface area contributed by atoms with Gasteiger partial charge in [0.05, 0.1) is 16.2 Å². The predicted octanol–water partition coefficient (Wildman–Crippen LogP) is 2.50. The number of imide groups is 1. The number of carbonyl (C=O) groups excluding carboxylic acids is 3. The van der Waals surface area contributed by atoms with Crippen molar-refractivity contribution in [3.63, 3.8) is 0 Å². The van der Waals surface area contributed by atoms with Crippen LogP contribution in [0.4, 0.5) is 20.2 Å². The van der Waals surface area contributed by atoms with Crippen LogP contribution in [0.2, 0.25) is 0 Å². The molecule has 27 heavy (non-hydrogen) atoms. The number of amides is 3. The first kappa shape index (κ1) is 18.1. The van der Waals surface area contributed by atoms with Gasteiger partial charge in [-0.15, -0.1) is 0 Å². The van der Waals surface area contributed by atoms with Crippen LogP contribution >= 0.6 is 0 Å². The molecule has 0 saturated heterocycles. The number of benzene rings is 2. The van der Waals surface area contributed by atoms with E-state index < -0.39 is 57.3 Å². The number of hydrogen-bond donors (Lipinski definition) is 1. The van der Waals surface area contributed by atoms with Gasteiger partial charge in [0.1, 0.15) is 11.6 Å². The van der Waals surface area contributed by atoms with E-state index >= 15 is 0 Å². The quantitative estimate of drug-likeness (QED) is 0.502. The van der Waals surface area contributed by atoms with Crippen molar-refractivity contribution >= 4 is 29.1 Å². The van der Waals surface area contributed by atoms with Gasteiger partial charge in [-0.05, 0) is 25.1 Å². The number of nitro benzene ring substituents is 1. The minimum Gasteiger partial charge on any atom is -0.322 e. The number of nitrogens with one attached hydrogen (secondary N) is 1. The summed E-state index contributed by atoms with van der Waals surface area (Å²) in [5, 5.41) is 13.2. The van der Waals surface area contributed by atoms with E-state index in [1.807, 2.05) is 0 Å². The summed E-state index contributed by atoms with van der Waals surface area (Å²) in [4.78, 5) is 48.2. The molecule has 2 aromatic carbocycles. The van der Waals surface area contributed by atoms with Gasteiger partial charge in [-0.1, -0.05) is 12.1 Å². The minimum absolute atomic E-state index is 0.203. The zero-order chi connectivity index (χ0) is 19.9. The number of carbonyl (C=O) groups is 3. The van der Waals surface area contributed by atoms with E-state index in [2.05, 4.69) is 5.32 Å². The molecule has 0 fully saturated rings. The molecule has 2 aromatic rings. The van der Waals surface area contributed by atoms with Crippen LogP contribution in [-0.4, -0.2) is 33.6 Å². The SMILES string of the molecule is CC(C(=O)Nc1cccc(F)c1F)N1C(=O)c2cccc([N+](=O)[O-])c2C1=O. The van der Waals surface area contributed by atoms with Crippen LogP contribution < -0.4 is 5.32 Å². The van der Waals surface area contributed by atoms with Gasteiger partial charge in [0, 0.05) is 6.07 Å². The lowest BCUT2D eigenvalue weighted by atomic mass is 10.1. The monoisotopic (exact) mass is 375 g/mol. The van der Waals surface area contributed by atoms with Crippen molar-refractivity contribution in [2.45, 2.75) is 13.0 Å². The van der Waals surface area contributed by atoms with Crippen LogP contribution in [0.15, 0.2) is 36.4 Å². The molecule has 138 valence electrons. The molecule has 1 atom stereocenters. The Hall–Kier alpha value is -3.69. The van der Waals surface area contributed by atoms with Crippen LogP contribution in [0, 0.1) is 21.7 Å². The highest BCUT2D eigenvalue weighted by Crippen LogP contribution is 2.32. The Bertz CT molecular complexity index is 1010. The molecule has 3 amide bonds. The molecule has 0 saturated carbocycles. The fraction of sp³-hybridized carbons (Fsp3) is 0.118. The topological polar surface area (TPSA) is 110 Å². The van der Waals surface area contributed by atoms with Gasteiger partial charge in [0.15, 0.2) is 11.6 Å². The fourth-order valence-corrected chi connectivity index (χ4v) is 2.74. The molecule has 8 nitrogen and oxygen atoms in total. The Morgan fingerprint density at radius 2 is 1.81 bits per heavy atom. The lowest BCUT2D eigenvalue weighted by Gasteiger charge is -2.21. The first-order chi connectivity index (χ1) is 12.7. The Labute approximate surface area is 150 Å². The average molecular weight is 375 g/mol. The summed E-state index contributed by atoms with van der Waals surface area (Å²) in [6.07, 6.45) is 0. The summed E-state index contributed by atoms with van der Waals surface area (Å²) in [6, 6.07) is 5.27. The number of anilines is 1. The van der Waals surface area contributed by atoms with Crippen molar-refractivity contribution in [2.24, 2.45) is 0 Å². The van der Waals surface area contributed by atoms with E-state index in [-0.39, 0.29) is 5.56 Å². The van der Waals surface area contributed by atoms with E-state index in [1.54, 1.807) is 0 Å². The molecular weight excluding hydrogens is 364 g/mol. The van der Waals surface area contributed by atoms with E-state index in [9.17, 15) is 33.3 Å². The van der Waals surface area contributed by atoms with E-state index in [0.717, 1.165) is 18.2 Å². The zero-order valence-electron chi connectivity index (χ0n) is 13.7. The number of nitro groups is 1. The Balaban J connectivity index is 1.90. The number of halogens is 2. The molecule has 3 rings (SSSR count). The van der Waals surface area contributed by atoms with Crippen LogP contribution in [0.1, 0.15) is 27.6 Å². The maximum atomic E-state index is 13.7. The van der Waals surface area contributed by atoms with E-state index in [4.69, 9.17) is 0 Å². The molecule has 0 bridgehead atoms. The summed E-state index contributed by atoms with van der Waals surface area (Å²) < 4.78 is 26.9. The molecule has 10 heteroatoms. The lowest BCUT2D eigenvalue weighted by molar-refractivity contribution is -0.385. The molecule has 0 spiro atoms. The third-order valence-electron chi connectivity index (χ3n) is 4.10. The first-order valence-corrected chi connectivity index (χ1v) is 7.64. The van der Waals surface area contributed by atoms with Crippen LogP contribution in [0.25, 0.3) is 0 Å². The maximum Gasteiger partial charge on any atom is 0.282 e. The van der Waals surface area contributed by atoms with Gasteiger partial charge in [-0.25, -0.2) is 8.78 Å². The Morgan fingerprint density at radius 3 is 2.48 bits per heavy atom. The van der Waals surface area contributed by atoms with Crippen molar-refractivity contribution < 1.29 is 28.1 Å². The van der Waals surface area contributed by atoms with Crippen molar-refractivity contribution in [2.75, 3.05) is 5.32 Å². The summed E-state index contributed by atoms with van der Waals surface area (Å²) in [7, 11) is 0. The second kappa shape index (κ2) is 6.56. The van der Waals surface area contributed by atoms with Crippen molar-refractivity contribution in [1.29, 1.82) is 0 Å². The summed E-state index contributed by atoms with van der Waals surface area (Å²) in [5.74, 6) is -5.34. The number of fused-ring (bicyclic) bond motifs is 1. The lowest BCUT2D eigenvalue weighted by Crippen LogP contribution is -2.45. The van der Waals surface area contributed by atoms with Gasteiger partial charge < -0.3 is 5.32 Å². The molecule has 1 N–H and O–H groups in total. The number of nitrogens with zero attached hydrogens (tertiary/aromatic N) is 2. The second-order valence-electron chi connectivity index (χ2n) is 5.70. The first-order valence-electron chi connectivity index (χ1n) is 7.64. The summed E-state index contributed by atoms with van der Waals surface area (Å²) in [6.45, 7) is 1.19. The third kappa shape index (κ3) is 2.90. The largest absolute Gasteiger partial charge is 0.322 e. The zero-order valence-corrected chi connectivity index (χ0v) is 13.7. The van der Waals surface area contributed by atoms with E-state index in [0.29, 0.717) is 4.90 Å². The summed E-state index contributed by atoms with van der Waals surface area (Å²) >= 11 is 0. The minimum atomic E-state index is -1.42. The molecule has 1 aliphatic heterocycles. The normalized spacial score (nSPS) is 14.1. The van der Waals surface area contributed by atoms with Gasteiger partial charge >= 0.3 is 0 Å². The second-order valence-corrected chi connectivity index (χ2v) is 5.70. The maximum absolute atomic E-state index is 13.7. The van der Waals surface area contributed by atoms with Gasteiger partial charge in [0.25, 0.3) is 17.5 Å². The van der Waals surface area contributed by atoms with Crippen molar-refractivity contribution in [1.82, 2.24) is 4.90 Å².